The number of aliphatic hydroxyl groups is 2. The highest BCUT2D eigenvalue weighted by Gasteiger charge is 2.38. The summed E-state index contributed by atoms with van der Waals surface area (Å²) < 4.78 is 5.77. The molecule has 12 heteroatoms. The molecule has 6 rings (SSSR count). The van der Waals surface area contributed by atoms with Crippen molar-refractivity contribution < 1.29 is 44.7 Å². The van der Waals surface area contributed by atoms with Gasteiger partial charge < -0.3 is 35.6 Å². The van der Waals surface area contributed by atoms with E-state index in [1.807, 2.05) is 0 Å². The van der Waals surface area contributed by atoms with Gasteiger partial charge in [-0.15, -0.1) is 0 Å². The van der Waals surface area contributed by atoms with Crippen molar-refractivity contribution in [2.75, 3.05) is 12.4 Å². The van der Waals surface area contributed by atoms with Crippen molar-refractivity contribution in [2.24, 2.45) is 17.8 Å². The Morgan fingerprint density at radius 2 is 1.37 bits per heavy atom. The normalized spacial score (nSPS) is 15.6. The minimum absolute atomic E-state index is 0.0138. The highest BCUT2D eigenvalue weighted by molar-refractivity contribution is 6.39. The van der Waals surface area contributed by atoms with Crippen molar-refractivity contribution in [3.63, 3.8) is 0 Å². The molecule has 1 aliphatic rings. The van der Waals surface area contributed by atoms with Crippen LogP contribution in [0.2, 0.25) is 0 Å². The second kappa shape index (κ2) is 13.0. The van der Waals surface area contributed by atoms with Crippen LogP contribution in [0.1, 0.15) is 75.3 Å². The number of phenolic OH excluding ortho intramolecular Hbond substituents is 1. The first kappa shape index (κ1) is 36.5. The molecular weight excluding hydrogens is 670 g/mol. The van der Waals surface area contributed by atoms with Gasteiger partial charge in [-0.2, -0.15) is 0 Å². The number of aliphatic carboxylic acids is 2. The molecule has 0 amide bonds. The van der Waals surface area contributed by atoms with Crippen molar-refractivity contribution in [2.45, 2.75) is 73.1 Å². The summed E-state index contributed by atoms with van der Waals surface area (Å²) >= 11 is 0. The monoisotopic (exact) mass is 711 g/mol. The predicted octanol–water partition coefficient (Wildman–Crippen LogP) is 5.10. The first-order chi connectivity index (χ1) is 24.5. The number of ether oxygens (including phenoxy) is 1. The van der Waals surface area contributed by atoms with Crippen molar-refractivity contribution in [3.05, 3.63) is 66.0 Å². The molecule has 12 nitrogen and oxygen atoms in total. The summed E-state index contributed by atoms with van der Waals surface area (Å²) in [7, 11) is 1.29. The molecule has 272 valence electrons. The molecular formula is C40H41NO11. The standard InChI is InChI=1S/C40H41NO11/c1-14(2)20(39(48)49)11-22-21-8-16(5)25(17(6)44)34-33-28(21)31-26(27-19(13-43)10-24(46)30(32(27)33)37(47)38(34)52-7)18(12-42)9-23(45)29(31)36(22)41-35(15(3)4)40(50)51/h8-10,14-15,20,25,35,41-43,47H,11-13H2,1-7H3,(H,48,49)(H,50,51). The van der Waals surface area contributed by atoms with E-state index in [2.05, 4.69) is 5.32 Å². The Balaban J connectivity index is 2.10. The first-order valence-electron chi connectivity index (χ1n) is 17.1. The average molecular weight is 712 g/mol. The summed E-state index contributed by atoms with van der Waals surface area (Å²) in [5.41, 5.74) is 0.522. The van der Waals surface area contributed by atoms with E-state index in [0.29, 0.717) is 22.1 Å². The number of hydrogen-bond donors (Lipinski definition) is 6. The number of allylic oxidation sites excluding steroid dienone is 1. The Morgan fingerprint density at radius 1 is 0.808 bits per heavy atom. The molecule has 5 aromatic rings. The van der Waals surface area contributed by atoms with Crippen LogP contribution in [0.25, 0.3) is 49.2 Å². The number of aromatic hydroxyl groups is 1. The second-order valence-electron chi connectivity index (χ2n) is 14.5. The zero-order valence-electron chi connectivity index (χ0n) is 29.9. The molecule has 0 fully saturated rings. The molecule has 0 saturated heterocycles. The molecule has 5 aromatic carbocycles. The number of ketones is 1. The number of carbonyl (C=O) groups is 3. The minimum atomic E-state index is -1.23. The number of methoxy groups -OCH3 is 1. The number of fused-ring (bicyclic) bond motifs is 1. The summed E-state index contributed by atoms with van der Waals surface area (Å²) in [6, 6.07) is 1.15. The van der Waals surface area contributed by atoms with Gasteiger partial charge >= 0.3 is 11.9 Å². The second-order valence-corrected chi connectivity index (χ2v) is 14.5. The number of carbonyl (C=O) groups excluding carboxylic acids is 1. The molecule has 0 bridgehead atoms. The van der Waals surface area contributed by atoms with E-state index in [1.54, 1.807) is 40.7 Å². The number of carboxylic acids is 2. The van der Waals surface area contributed by atoms with E-state index in [9.17, 15) is 49.5 Å². The highest BCUT2D eigenvalue weighted by Crippen LogP contribution is 2.56. The van der Waals surface area contributed by atoms with E-state index in [1.165, 1.54) is 26.2 Å². The lowest BCUT2D eigenvalue weighted by molar-refractivity contribution is -0.143. The Morgan fingerprint density at radius 3 is 1.83 bits per heavy atom. The van der Waals surface area contributed by atoms with Gasteiger partial charge in [-0.1, -0.05) is 39.3 Å². The molecule has 0 saturated carbocycles. The maximum atomic E-state index is 14.5. The number of Topliss-reactive ketones (excluding diaryl/α,β-unsaturated/α-hetero) is 1. The zero-order valence-corrected chi connectivity index (χ0v) is 29.9. The zero-order chi connectivity index (χ0) is 38.2. The highest BCUT2D eigenvalue weighted by atomic mass is 16.5. The van der Waals surface area contributed by atoms with Crippen LogP contribution in [-0.4, -0.2) is 56.4 Å². The van der Waals surface area contributed by atoms with Crippen LogP contribution in [0.4, 0.5) is 5.69 Å². The van der Waals surface area contributed by atoms with Crippen LogP contribution in [0.5, 0.6) is 11.5 Å². The van der Waals surface area contributed by atoms with Crippen LogP contribution >= 0.6 is 0 Å². The summed E-state index contributed by atoms with van der Waals surface area (Å²) in [4.78, 5) is 67.5. The smallest absolute Gasteiger partial charge is 0.326 e. The Hall–Kier alpha value is -5.33. The van der Waals surface area contributed by atoms with Gasteiger partial charge in [-0.25, -0.2) is 4.79 Å². The summed E-state index contributed by atoms with van der Waals surface area (Å²) in [6.07, 6.45) is 1.56. The average Bonchev–Trinajstić information content (AvgIpc) is 3.19. The summed E-state index contributed by atoms with van der Waals surface area (Å²) in [6.45, 7) is 8.66. The van der Waals surface area contributed by atoms with Gasteiger partial charge in [0.25, 0.3) is 0 Å². The summed E-state index contributed by atoms with van der Waals surface area (Å²) in [5, 5.41) is 58.6. The lowest BCUT2D eigenvalue weighted by Gasteiger charge is -2.29. The molecule has 0 heterocycles. The number of benzene rings is 5. The predicted molar refractivity (Wildman–Crippen MR) is 198 cm³/mol. The van der Waals surface area contributed by atoms with Gasteiger partial charge in [-0.3, -0.25) is 19.2 Å². The van der Waals surface area contributed by atoms with E-state index in [-0.39, 0.29) is 78.0 Å². The van der Waals surface area contributed by atoms with Crippen molar-refractivity contribution in [1.82, 2.24) is 0 Å². The van der Waals surface area contributed by atoms with Crippen LogP contribution in [0.3, 0.4) is 0 Å². The van der Waals surface area contributed by atoms with Gasteiger partial charge in [0.05, 0.1) is 48.6 Å². The van der Waals surface area contributed by atoms with Gasteiger partial charge in [0.1, 0.15) is 11.8 Å². The number of aliphatic hydroxyl groups excluding tert-OH is 2. The maximum Gasteiger partial charge on any atom is 0.326 e. The fourth-order valence-corrected chi connectivity index (χ4v) is 8.38. The van der Waals surface area contributed by atoms with Crippen LogP contribution in [0, 0.1) is 17.8 Å². The molecule has 3 unspecified atom stereocenters. The van der Waals surface area contributed by atoms with Gasteiger partial charge in [0.2, 0.25) is 0 Å². The molecule has 3 atom stereocenters. The van der Waals surface area contributed by atoms with Crippen LogP contribution in [-0.2, 0) is 34.0 Å². The Kier molecular flexibility index (Phi) is 9.13. The first-order valence-corrected chi connectivity index (χ1v) is 17.1. The van der Waals surface area contributed by atoms with E-state index in [0.717, 1.165) is 0 Å². The quantitative estimate of drug-likeness (QED) is 0.0738. The molecule has 52 heavy (non-hydrogen) atoms. The molecule has 6 N–H and O–H groups in total. The fraction of sp³-hybridized carbons (Fsp3) is 0.375. The maximum absolute atomic E-state index is 14.5. The van der Waals surface area contributed by atoms with Crippen molar-refractivity contribution in [3.8, 4) is 11.5 Å². The lowest BCUT2D eigenvalue weighted by Crippen LogP contribution is -2.35. The largest absolute Gasteiger partial charge is 0.504 e. The van der Waals surface area contributed by atoms with Crippen LogP contribution < -0.4 is 20.9 Å². The van der Waals surface area contributed by atoms with Crippen molar-refractivity contribution in [1.29, 1.82) is 0 Å². The molecule has 0 radical (unpaired) electrons. The number of anilines is 1. The van der Waals surface area contributed by atoms with E-state index < -0.39 is 71.5 Å². The Bertz CT molecular complexity index is 2500. The van der Waals surface area contributed by atoms with Gasteiger partial charge in [-0.05, 0) is 88.0 Å². The lowest BCUT2D eigenvalue weighted by atomic mass is 9.77. The Labute approximate surface area is 297 Å². The number of phenols is 1. The minimum Gasteiger partial charge on any atom is -0.504 e. The van der Waals surface area contributed by atoms with E-state index in [4.69, 9.17) is 4.74 Å². The molecule has 1 aliphatic carbocycles. The topological polar surface area (TPSA) is 208 Å². The fourth-order valence-electron chi connectivity index (χ4n) is 8.38. The number of rotatable bonds is 12. The number of hydrogen-bond acceptors (Lipinski definition) is 10. The van der Waals surface area contributed by atoms with E-state index >= 15 is 0 Å². The molecule has 0 aromatic heterocycles. The SMILES string of the molecule is COc1c(O)c2c(=O)cc(CO)c3c4c(CO)cc(=O)c5c(NC(C(=O)O)C(C)C)c(CC(C(=O)O)C(C)C)c6c(c(c1C(C(C)=O)C(C)=C6)c23)c54. The van der Waals surface area contributed by atoms with Gasteiger partial charge in [0.15, 0.2) is 22.4 Å². The third kappa shape index (κ3) is 5.15. The number of carboxylic acid groups (broad SMARTS) is 2. The van der Waals surface area contributed by atoms with Crippen molar-refractivity contribution >= 4 is 72.6 Å². The molecule has 0 aliphatic heterocycles. The van der Waals surface area contributed by atoms with Crippen LogP contribution in [0.15, 0.2) is 27.3 Å². The molecule has 0 spiro atoms. The number of nitrogens with one attached hydrogen (secondary N) is 1. The summed E-state index contributed by atoms with van der Waals surface area (Å²) in [5.74, 6) is -6.28. The third-order valence-electron chi connectivity index (χ3n) is 10.7. The van der Waals surface area contributed by atoms with Gasteiger partial charge in [0, 0.05) is 16.3 Å². The third-order valence-corrected chi connectivity index (χ3v) is 10.7.